The molecule has 1 aliphatic carbocycles. The number of ketones is 1. The van der Waals surface area contributed by atoms with Crippen LogP contribution in [0.4, 0.5) is 0 Å². The first-order valence-corrected chi connectivity index (χ1v) is 6.56. The predicted molar refractivity (Wildman–Crippen MR) is 63.5 cm³/mol. The van der Waals surface area contributed by atoms with Crippen LogP contribution in [-0.4, -0.2) is 42.5 Å². The zero-order valence-corrected chi connectivity index (χ0v) is 10.4. The molecule has 0 bridgehead atoms. The molecular formula is C13H23NO2. The molecule has 3 atom stereocenters. The number of rotatable bonds is 2. The summed E-state index contributed by atoms with van der Waals surface area (Å²) in [6.07, 6.45) is 6.66. The summed E-state index contributed by atoms with van der Waals surface area (Å²) in [4.78, 5) is 14.3. The van der Waals surface area contributed by atoms with Crippen LogP contribution < -0.4 is 0 Å². The molecule has 0 aromatic rings. The summed E-state index contributed by atoms with van der Waals surface area (Å²) >= 11 is 0. The van der Waals surface area contributed by atoms with Crippen molar-refractivity contribution in [1.82, 2.24) is 4.90 Å². The summed E-state index contributed by atoms with van der Waals surface area (Å²) in [5.41, 5.74) is 0. The summed E-state index contributed by atoms with van der Waals surface area (Å²) in [6, 6.07) is 0.587. The fraction of sp³-hybridized carbons (Fsp3) is 0.923. The summed E-state index contributed by atoms with van der Waals surface area (Å²) in [5.74, 6) is 0.444. The predicted octanol–water partition coefficient (Wildman–Crippen LogP) is 2.00. The van der Waals surface area contributed by atoms with Crippen LogP contribution in [0.15, 0.2) is 0 Å². The fourth-order valence-corrected chi connectivity index (χ4v) is 3.06. The lowest BCUT2D eigenvalue weighted by molar-refractivity contribution is -0.124. The van der Waals surface area contributed by atoms with Gasteiger partial charge in [0.2, 0.25) is 0 Å². The molecule has 3 unspecified atom stereocenters. The second kappa shape index (κ2) is 5.28. The SMILES string of the molecule is CC1OCCC1N(C)C1CCCCCC1=O. The van der Waals surface area contributed by atoms with Crippen molar-refractivity contribution in [2.75, 3.05) is 13.7 Å². The van der Waals surface area contributed by atoms with Gasteiger partial charge in [-0.25, -0.2) is 0 Å². The summed E-state index contributed by atoms with van der Waals surface area (Å²) in [7, 11) is 2.10. The zero-order chi connectivity index (χ0) is 11.5. The first-order chi connectivity index (χ1) is 7.70. The average molecular weight is 225 g/mol. The Hall–Kier alpha value is -0.410. The van der Waals surface area contributed by atoms with E-state index in [9.17, 15) is 4.79 Å². The third-order valence-electron chi connectivity index (χ3n) is 4.12. The van der Waals surface area contributed by atoms with Gasteiger partial charge >= 0.3 is 0 Å². The molecule has 3 nitrogen and oxygen atoms in total. The molecule has 0 amide bonds. The van der Waals surface area contributed by atoms with E-state index in [1.54, 1.807) is 0 Å². The Morgan fingerprint density at radius 2 is 2.06 bits per heavy atom. The van der Waals surface area contributed by atoms with E-state index in [2.05, 4.69) is 18.9 Å². The Labute approximate surface area is 98.1 Å². The van der Waals surface area contributed by atoms with Crippen LogP contribution in [0.2, 0.25) is 0 Å². The first-order valence-electron chi connectivity index (χ1n) is 6.56. The van der Waals surface area contributed by atoms with E-state index in [0.29, 0.717) is 11.8 Å². The van der Waals surface area contributed by atoms with E-state index in [1.807, 2.05) is 0 Å². The van der Waals surface area contributed by atoms with Crippen molar-refractivity contribution in [3.8, 4) is 0 Å². The lowest BCUT2D eigenvalue weighted by Gasteiger charge is -2.32. The van der Waals surface area contributed by atoms with Crippen molar-refractivity contribution in [1.29, 1.82) is 0 Å². The maximum absolute atomic E-state index is 12.0. The number of Topliss-reactive ketones (excluding diaryl/α,β-unsaturated/α-hetero) is 1. The molecule has 2 aliphatic rings. The van der Waals surface area contributed by atoms with Gasteiger partial charge < -0.3 is 4.74 Å². The van der Waals surface area contributed by atoms with Gasteiger partial charge in [-0.2, -0.15) is 0 Å². The average Bonchev–Trinajstić information content (AvgIpc) is 2.56. The molecule has 0 radical (unpaired) electrons. The Bertz CT molecular complexity index is 254. The maximum Gasteiger partial charge on any atom is 0.149 e. The highest BCUT2D eigenvalue weighted by Gasteiger charge is 2.34. The second-order valence-electron chi connectivity index (χ2n) is 5.18. The number of ether oxygens (including phenoxy) is 1. The molecule has 1 heterocycles. The van der Waals surface area contributed by atoms with E-state index in [-0.39, 0.29) is 12.1 Å². The Kier molecular flexibility index (Phi) is 3.98. The standard InChI is InChI=1S/C13H23NO2/c1-10-11(8-9-16-10)14(2)12-6-4-3-5-7-13(12)15/h10-12H,3-9H2,1-2H3. The van der Waals surface area contributed by atoms with Gasteiger partial charge in [-0.05, 0) is 33.2 Å². The van der Waals surface area contributed by atoms with Crippen molar-refractivity contribution >= 4 is 5.78 Å². The monoisotopic (exact) mass is 225 g/mol. The van der Waals surface area contributed by atoms with Crippen molar-refractivity contribution in [3.63, 3.8) is 0 Å². The van der Waals surface area contributed by atoms with Crippen LogP contribution in [0.5, 0.6) is 0 Å². The molecule has 3 heteroatoms. The quantitative estimate of drug-likeness (QED) is 0.673. The Morgan fingerprint density at radius 1 is 1.25 bits per heavy atom. The van der Waals surface area contributed by atoms with Gasteiger partial charge in [0.05, 0.1) is 12.1 Å². The van der Waals surface area contributed by atoms with E-state index < -0.39 is 0 Å². The van der Waals surface area contributed by atoms with Crippen LogP contribution in [0, 0.1) is 0 Å². The van der Waals surface area contributed by atoms with E-state index in [0.717, 1.165) is 32.3 Å². The lowest BCUT2D eigenvalue weighted by Crippen LogP contribution is -2.47. The molecule has 2 rings (SSSR count). The summed E-state index contributed by atoms with van der Waals surface area (Å²) in [5, 5.41) is 0. The zero-order valence-electron chi connectivity index (χ0n) is 10.4. The second-order valence-corrected chi connectivity index (χ2v) is 5.18. The van der Waals surface area contributed by atoms with E-state index in [1.165, 1.54) is 12.8 Å². The first kappa shape index (κ1) is 12.1. The molecule has 0 aromatic carbocycles. The molecule has 0 aromatic heterocycles. The van der Waals surface area contributed by atoms with E-state index in [4.69, 9.17) is 4.74 Å². The van der Waals surface area contributed by atoms with Gasteiger partial charge in [0.1, 0.15) is 5.78 Å². The maximum atomic E-state index is 12.0. The van der Waals surface area contributed by atoms with Gasteiger partial charge in [0.15, 0.2) is 0 Å². The molecule has 1 saturated carbocycles. The third-order valence-corrected chi connectivity index (χ3v) is 4.12. The normalized spacial score (nSPS) is 36.7. The van der Waals surface area contributed by atoms with Crippen LogP contribution in [0.25, 0.3) is 0 Å². The van der Waals surface area contributed by atoms with E-state index >= 15 is 0 Å². The van der Waals surface area contributed by atoms with Crippen molar-refractivity contribution in [3.05, 3.63) is 0 Å². The molecule has 0 spiro atoms. The number of carbonyl (C=O) groups is 1. The summed E-state index contributed by atoms with van der Waals surface area (Å²) in [6.45, 7) is 2.96. The minimum atomic E-state index is 0.150. The molecule has 1 saturated heterocycles. The molecule has 16 heavy (non-hydrogen) atoms. The van der Waals surface area contributed by atoms with Gasteiger partial charge in [-0.15, -0.1) is 0 Å². The van der Waals surface area contributed by atoms with Crippen molar-refractivity contribution < 1.29 is 9.53 Å². The number of likely N-dealkylation sites (N-methyl/N-ethyl adjacent to an activating group) is 1. The van der Waals surface area contributed by atoms with Gasteiger partial charge in [-0.3, -0.25) is 9.69 Å². The van der Waals surface area contributed by atoms with Crippen LogP contribution in [0.3, 0.4) is 0 Å². The van der Waals surface area contributed by atoms with Crippen molar-refractivity contribution in [2.45, 2.75) is 63.6 Å². The molecule has 2 fully saturated rings. The minimum Gasteiger partial charge on any atom is -0.377 e. The smallest absolute Gasteiger partial charge is 0.149 e. The van der Waals surface area contributed by atoms with Crippen LogP contribution in [0.1, 0.15) is 45.4 Å². The fourth-order valence-electron chi connectivity index (χ4n) is 3.06. The molecular weight excluding hydrogens is 202 g/mol. The number of hydrogen-bond acceptors (Lipinski definition) is 3. The topological polar surface area (TPSA) is 29.5 Å². The van der Waals surface area contributed by atoms with Crippen molar-refractivity contribution in [2.24, 2.45) is 0 Å². The minimum absolute atomic E-state index is 0.150. The van der Waals surface area contributed by atoms with Crippen LogP contribution >= 0.6 is 0 Å². The highest BCUT2D eigenvalue weighted by molar-refractivity contribution is 5.84. The summed E-state index contributed by atoms with van der Waals surface area (Å²) < 4.78 is 5.59. The molecule has 0 N–H and O–H groups in total. The largest absolute Gasteiger partial charge is 0.377 e. The lowest BCUT2D eigenvalue weighted by atomic mass is 10.0. The Morgan fingerprint density at radius 3 is 2.75 bits per heavy atom. The van der Waals surface area contributed by atoms with Gasteiger partial charge in [0.25, 0.3) is 0 Å². The number of hydrogen-bond donors (Lipinski definition) is 0. The van der Waals surface area contributed by atoms with Gasteiger partial charge in [0, 0.05) is 19.1 Å². The molecule has 92 valence electrons. The molecule has 1 aliphatic heterocycles. The van der Waals surface area contributed by atoms with Crippen LogP contribution in [-0.2, 0) is 9.53 Å². The number of nitrogens with zero attached hydrogens (tertiary/aromatic N) is 1. The third kappa shape index (κ3) is 2.46. The van der Waals surface area contributed by atoms with Gasteiger partial charge in [-0.1, -0.05) is 12.8 Å². The Balaban J connectivity index is 2.01. The number of carbonyl (C=O) groups excluding carboxylic acids is 1. The highest BCUT2D eigenvalue weighted by Crippen LogP contribution is 2.25. The highest BCUT2D eigenvalue weighted by atomic mass is 16.5.